The molecule has 0 spiro atoms. The second kappa shape index (κ2) is 15.0. The first-order valence-corrected chi connectivity index (χ1v) is 21.3. The van der Waals surface area contributed by atoms with Crippen molar-refractivity contribution in [3.8, 4) is 56.2 Å². The van der Waals surface area contributed by atoms with E-state index in [0.717, 1.165) is 62.9 Å². The van der Waals surface area contributed by atoms with Crippen molar-refractivity contribution in [3.63, 3.8) is 0 Å². The Morgan fingerprint density at radius 3 is 1.84 bits per heavy atom. The highest BCUT2D eigenvalue weighted by molar-refractivity contribution is 6.08. The zero-order valence-electron chi connectivity index (χ0n) is 34.3. The molecule has 0 saturated heterocycles. The van der Waals surface area contributed by atoms with E-state index in [0.29, 0.717) is 5.82 Å². The van der Waals surface area contributed by atoms with E-state index in [4.69, 9.17) is 14.4 Å². The molecule has 0 fully saturated rings. The lowest BCUT2D eigenvalue weighted by Crippen LogP contribution is -2.15. The summed E-state index contributed by atoms with van der Waals surface area (Å²) in [5.74, 6) is 0.741. The molecule has 0 radical (unpaired) electrons. The zero-order valence-corrected chi connectivity index (χ0v) is 34.3. The van der Waals surface area contributed by atoms with Gasteiger partial charge in [-0.2, -0.15) is 0 Å². The summed E-state index contributed by atoms with van der Waals surface area (Å²) < 4.78 is 6.80. The van der Waals surface area contributed by atoms with Gasteiger partial charge in [0.2, 0.25) is 0 Å². The van der Waals surface area contributed by atoms with E-state index >= 15 is 0 Å². The molecule has 0 N–H and O–H groups in total. The Hall–Kier alpha value is -7.36. The van der Waals surface area contributed by atoms with Gasteiger partial charge in [-0.1, -0.05) is 190 Å². The molecule has 0 amide bonds. The van der Waals surface area contributed by atoms with Crippen LogP contribution in [-0.4, -0.2) is 9.97 Å². The van der Waals surface area contributed by atoms with E-state index in [2.05, 4.69) is 190 Å². The molecule has 1 unspecified atom stereocenters. The average molecular weight is 785 g/mol. The second-order valence-corrected chi connectivity index (χ2v) is 16.9. The molecule has 8 aromatic carbocycles. The SMILES string of the molecule is CC1(C)c2ccccc2-c2ccc(C(CCc3ccc(-c4ccccc4)cc3)c3cc(-c4cc(-c5ccccc5)nc(-c5ccccc5)n4)cc4oc5ccccc5c34)cc21. The Morgan fingerprint density at radius 2 is 1.08 bits per heavy atom. The molecule has 0 saturated carbocycles. The van der Waals surface area contributed by atoms with E-state index in [1.54, 1.807) is 0 Å². The summed E-state index contributed by atoms with van der Waals surface area (Å²) in [6.45, 7) is 4.74. The molecule has 1 atom stereocenters. The fraction of sp³-hybridized carbons (Fsp3) is 0.103. The highest BCUT2D eigenvalue weighted by Crippen LogP contribution is 2.50. The summed E-state index contributed by atoms with van der Waals surface area (Å²) in [5.41, 5.74) is 18.1. The molecular formula is C58H44N2O. The average Bonchev–Trinajstić information content (AvgIpc) is 3.81. The van der Waals surface area contributed by atoms with Crippen LogP contribution < -0.4 is 0 Å². The van der Waals surface area contributed by atoms with Crippen molar-refractivity contribution in [1.29, 1.82) is 0 Å². The first-order valence-electron chi connectivity index (χ1n) is 21.3. The molecule has 61 heavy (non-hydrogen) atoms. The van der Waals surface area contributed by atoms with Gasteiger partial charge in [-0.05, 0) is 87.2 Å². The summed E-state index contributed by atoms with van der Waals surface area (Å²) in [6, 6.07) is 71.8. The number of rotatable bonds is 9. The van der Waals surface area contributed by atoms with Gasteiger partial charge in [0.05, 0.1) is 11.4 Å². The zero-order chi connectivity index (χ0) is 40.9. The number of hydrogen-bond donors (Lipinski definition) is 0. The Morgan fingerprint density at radius 1 is 0.475 bits per heavy atom. The van der Waals surface area contributed by atoms with Gasteiger partial charge in [-0.25, -0.2) is 9.97 Å². The van der Waals surface area contributed by atoms with Gasteiger partial charge in [0.25, 0.3) is 0 Å². The number of fused-ring (bicyclic) bond motifs is 6. The number of para-hydroxylation sites is 1. The minimum atomic E-state index is -0.123. The van der Waals surface area contributed by atoms with Gasteiger partial charge in [0.1, 0.15) is 11.2 Å². The molecule has 3 heteroatoms. The summed E-state index contributed by atoms with van der Waals surface area (Å²) in [4.78, 5) is 10.4. The molecule has 2 aromatic heterocycles. The van der Waals surface area contributed by atoms with Crippen LogP contribution in [0.4, 0.5) is 0 Å². The predicted molar refractivity (Wildman–Crippen MR) is 252 cm³/mol. The summed E-state index contributed by atoms with van der Waals surface area (Å²) in [6.07, 6.45) is 1.81. The standard InChI is InChI=1S/C58H44N2O/c1-58(2)50-24-14-12-22-46(50)47-33-31-43(35-51(47)58)45(32-28-38-26-29-40(30-27-38)39-16-6-3-7-17-39)49-34-44(36-55-56(49)48-23-13-15-25-54(48)61-55)53-37-52(41-18-8-4-9-19-41)59-57(60-53)42-20-10-5-11-21-42/h3-27,29-31,33-37,45H,28,32H2,1-2H3. The van der Waals surface area contributed by atoms with Crippen LogP contribution in [-0.2, 0) is 11.8 Å². The first-order chi connectivity index (χ1) is 30.0. The van der Waals surface area contributed by atoms with Crippen LogP contribution in [0.2, 0.25) is 0 Å². The first kappa shape index (κ1) is 36.7. The summed E-state index contributed by atoms with van der Waals surface area (Å²) in [7, 11) is 0. The molecular weight excluding hydrogens is 741 g/mol. The molecule has 10 aromatic rings. The van der Waals surface area contributed by atoms with Crippen LogP contribution in [0.1, 0.15) is 54.0 Å². The number of aromatic nitrogens is 2. The lowest BCUT2D eigenvalue weighted by atomic mass is 9.78. The van der Waals surface area contributed by atoms with Crippen molar-refractivity contribution in [3.05, 3.63) is 228 Å². The highest BCUT2D eigenvalue weighted by Gasteiger charge is 2.36. The lowest BCUT2D eigenvalue weighted by Gasteiger charge is -2.25. The number of aryl methyl sites for hydroxylation is 1. The predicted octanol–water partition coefficient (Wildman–Crippen LogP) is 15.1. The monoisotopic (exact) mass is 784 g/mol. The number of nitrogens with zero attached hydrogens (tertiary/aromatic N) is 2. The molecule has 1 aliphatic rings. The van der Waals surface area contributed by atoms with Gasteiger partial charge >= 0.3 is 0 Å². The van der Waals surface area contributed by atoms with Gasteiger partial charge in [0, 0.05) is 38.8 Å². The maximum atomic E-state index is 6.80. The largest absolute Gasteiger partial charge is 0.456 e. The highest BCUT2D eigenvalue weighted by atomic mass is 16.3. The summed E-state index contributed by atoms with van der Waals surface area (Å²) >= 11 is 0. The topological polar surface area (TPSA) is 38.9 Å². The van der Waals surface area contributed by atoms with Crippen molar-refractivity contribution in [2.45, 2.75) is 38.0 Å². The lowest BCUT2D eigenvalue weighted by molar-refractivity contribution is 0.654. The van der Waals surface area contributed by atoms with Crippen LogP contribution in [0.5, 0.6) is 0 Å². The fourth-order valence-electron chi connectivity index (χ4n) is 9.62. The number of hydrogen-bond acceptors (Lipinski definition) is 3. The fourth-order valence-corrected chi connectivity index (χ4v) is 9.62. The van der Waals surface area contributed by atoms with Crippen molar-refractivity contribution in [2.24, 2.45) is 0 Å². The van der Waals surface area contributed by atoms with Gasteiger partial charge in [-0.15, -0.1) is 0 Å². The molecule has 1 aliphatic carbocycles. The third kappa shape index (κ3) is 6.63. The van der Waals surface area contributed by atoms with Crippen LogP contribution in [0.15, 0.2) is 205 Å². The van der Waals surface area contributed by atoms with E-state index in [1.165, 1.54) is 50.1 Å². The van der Waals surface area contributed by atoms with Gasteiger partial charge in [-0.3, -0.25) is 0 Å². The third-order valence-electron chi connectivity index (χ3n) is 12.8. The molecule has 0 aliphatic heterocycles. The second-order valence-electron chi connectivity index (χ2n) is 16.9. The Labute approximate surface area is 357 Å². The molecule has 11 rings (SSSR count). The smallest absolute Gasteiger partial charge is 0.160 e. The van der Waals surface area contributed by atoms with Crippen LogP contribution in [0, 0.1) is 0 Å². The van der Waals surface area contributed by atoms with Crippen molar-refractivity contribution >= 4 is 21.9 Å². The Balaban J connectivity index is 1.11. The minimum absolute atomic E-state index is 0.0473. The maximum absolute atomic E-state index is 6.80. The Kier molecular flexibility index (Phi) is 9.04. The number of benzene rings is 8. The molecule has 2 heterocycles. The van der Waals surface area contributed by atoms with E-state index in [1.807, 2.05) is 24.3 Å². The molecule has 0 bridgehead atoms. The number of furan rings is 1. The normalized spacial score (nSPS) is 13.3. The van der Waals surface area contributed by atoms with Crippen molar-refractivity contribution in [2.75, 3.05) is 0 Å². The molecule has 3 nitrogen and oxygen atoms in total. The Bertz CT molecular complexity index is 3140. The van der Waals surface area contributed by atoms with Crippen molar-refractivity contribution in [1.82, 2.24) is 9.97 Å². The van der Waals surface area contributed by atoms with E-state index < -0.39 is 0 Å². The minimum Gasteiger partial charge on any atom is -0.456 e. The maximum Gasteiger partial charge on any atom is 0.160 e. The van der Waals surface area contributed by atoms with Gasteiger partial charge in [0.15, 0.2) is 5.82 Å². The van der Waals surface area contributed by atoms with Crippen LogP contribution >= 0.6 is 0 Å². The van der Waals surface area contributed by atoms with E-state index in [9.17, 15) is 0 Å². The van der Waals surface area contributed by atoms with E-state index in [-0.39, 0.29) is 11.3 Å². The third-order valence-corrected chi connectivity index (χ3v) is 12.8. The molecule has 292 valence electrons. The van der Waals surface area contributed by atoms with Gasteiger partial charge < -0.3 is 4.42 Å². The van der Waals surface area contributed by atoms with Crippen molar-refractivity contribution < 1.29 is 4.42 Å². The van der Waals surface area contributed by atoms with Crippen LogP contribution in [0.3, 0.4) is 0 Å². The summed E-state index contributed by atoms with van der Waals surface area (Å²) in [5, 5.41) is 2.29. The van der Waals surface area contributed by atoms with Crippen LogP contribution in [0.25, 0.3) is 78.1 Å². The quantitative estimate of drug-likeness (QED) is 0.146.